The number of carbonyl (C=O) groups is 1. The van der Waals surface area contributed by atoms with Crippen LogP contribution in [0.5, 0.6) is 0 Å². The van der Waals surface area contributed by atoms with Crippen LogP contribution in [0.2, 0.25) is 0 Å². The third-order valence-corrected chi connectivity index (χ3v) is 4.98. The van der Waals surface area contributed by atoms with Crippen molar-refractivity contribution in [3.63, 3.8) is 0 Å². The van der Waals surface area contributed by atoms with Gasteiger partial charge in [-0.05, 0) is 31.0 Å². The summed E-state index contributed by atoms with van der Waals surface area (Å²) in [5, 5.41) is 9.04. The molecule has 0 aliphatic rings. The molecule has 0 aliphatic heterocycles. The van der Waals surface area contributed by atoms with Gasteiger partial charge in [0.05, 0.1) is 22.8 Å². The molecule has 0 fully saturated rings. The number of nitriles is 1. The van der Waals surface area contributed by atoms with Gasteiger partial charge in [-0.3, -0.25) is 9.52 Å². The highest BCUT2D eigenvalue weighted by Gasteiger charge is 2.32. The Morgan fingerprint density at radius 3 is 2.29 bits per heavy atom. The molecule has 24 heavy (non-hydrogen) atoms. The number of benzene rings is 2. The van der Waals surface area contributed by atoms with E-state index in [9.17, 15) is 13.2 Å². The second-order valence-corrected chi connectivity index (χ2v) is 7.67. The molecule has 0 saturated carbocycles. The van der Waals surface area contributed by atoms with E-state index in [1.54, 1.807) is 62.4 Å². The lowest BCUT2D eigenvalue weighted by Gasteiger charge is -2.24. The first-order valence-corrected chi connectivity index (χ1v) is 9.00. The van der Waals surface area contributed by atoms with E-state index in [0.29, 0.717) is 5.56 Å². The summed E-state index contributed by atoms with van der Waals surface area (Å²) >= 11 is 0. The monoisotopic (exact) mass is 342 g/mol. The predicted octanol–water partition coefficient (Wildman–Crippen LogP) is 2.48. The third-order valence-electron chi connectivity index (χ3n) is 3.79. The molecule has 0 bridgehead atoms. The van der Waals surface area contributed by atoms with Gasteiger partial charge in [0, 0.05) is 0 Å². The minimum atomic E-state index is -3.91. The van der Waals surface area contributed by atoms with Crippen molar-refractivity contribution < 1.29 is 13.2 Å². The summed E-state index contributed by atoms with van der Waals surface area (Å²) in [6.45, 7) is 3.33. The van der Waals surface area contributed by atoms with Crippen LogP contribution < -0.4 is 4.72 Å². The topological polar surface area (TPSA) is 87.0 Å². The summed E-state index contributed by atoms with van der Waals surface area (Å²) in [5.74, 6) is -1.03. The van der Waals surface area contributed by atoms with Crippen LogP contribution in [-0.2, 0) is 26.0 Å². The number of sulfonamides is 1. The van der Waals surface area contributed by atoms with Gasteiger partial charge in [0.1, 0.15) is 0 Å². The van der Waals surface area contributed by atoms with Crippen molar-refractivity contribution in [2.45, 2.75) is 25.0 Å². The minimum absolute atomic E-state index is 0.276. The van der Waals surface area contributed by atoms with Gasteiger partial charge in [0.25, 0.3) is 0 Å². The molecule has 2 aromatic carbocycles. The first-order valence-electron chi connectivity index (χ1n) is 7.35. The number of rotatable bonds is 5. The fourth-order valence-electron chi connectivity index (χ4n) is 2.25. The Kier molecular flexibility index (Phi) is 5.05. The van der Waals surface area contributed by atoms with E-state index in [2.05, 4.69) is 4.72 Å². The summed E-state index contributed by atoms with van der Waals surface area (Å²) < 4.78 is 26.7. The summed E-state index contributed by atoms with van der Waals surface area (Å²) in [6.07, 6.45) is 0. The molecule has 0 saturated heterocycles. The van der Waals surface area contributed by atoms with Crippen molar-refractivity contribution >= 4 is 15.9 Å². The molecule has 0 radical (unpaired) electrons. The van der Waals surface area contributed by atoms with Gasteiger partial charge >= 0.3 is 0 Å². The molecule has 124 valence electrons. The van der Waals surface area contributed by atoms with Crippen LogP contribution in [0.3, 0.4) is 0 Å². The molecule has 5 nitrogen and oxygen atoms in total. The van der Waals surface area contributed by atoms with Crippen LogP contribution >= 0.6 is 0 Å². The molecule has 0 spiro atoms. The van der Waals surface area contributed by atoms with E-state index in [4.69, 9.17) is 5.26 Å². The van der Waals surface area contributed by atoms with Gasteiger partial charge in [-0.1, -0.05) is 48.5 Å². The van der Waals surface area contributed by atoms with E-state index in [1.165, 1.54) is 0 Å². The van der Waals surface area contributed by atoms with E-state index < -0.39 is 27.1 Å². The van der Waals surface area contributed by atoms with Gasteiger partial charge < -0.3 is 0 Å². The van der Waals surface area contributed by atoms with Crippen LogP contribution in [-0.4, -0.2) is 14.3 Å². The Morgan fingerprint density at radius 2 is 1.67 bits per heavy atom. The molecular formula is C18H18N2O3S. The summed E-state index contributed by atoms with van der Waals surface area (Å²) in [5.41, 5.74) is 0.355. The van der Waals surface area contributed by atoms with Gasteiger partial charge in [0.2, 0.25) is 15.9 Å². The lowest BCUT2D eigenvalue weighted by molar-refractivity contribution is -0.123. The van der Waals surface area contributed by atoms with Crippen LogP contribution in [0.4, 0.5) is 0 Å². The maximum Gasteiger partial charge on any atom is 0.243 e. The molecule has 6 heteroatoms. The molecule has 2 rings (SSSR count). The predicted molar refractivity (Wildman–Crippen MR) is 91.4 cm³/mol. The van der Waals surface area contributed by atoms with Gasteiger partial charge in [-0.15, -0.1) is 0 Å². The zero-order valence-electron chi connectivity index (χ0n) is 13.5. The maximum atomic E-state index is 12.5. The van der Waals surface area contributed by atoms with Crippen LogP contribution in [0.25, 0.3) is 0 Å². The highest BCUT2D eigenvalue weighted by molar-refractivity contribution is 7.89. The minimum Gasteiger partial charge on any atom is -0.273 e. The van der Waals surface area contributed by atoms with Crippen molar-refractivity contribution in [1.29, 1.82) is 5.26 Å². The average molecular weight is 342 g/mol. The Bertz CT molecular complexity index is 882. The molecule has 1 amide bonds. The van der Waals surface area contributed by atoms with Gasteiger partial charge in [-0.2, -0.15) is 5.26 Å². The standard InChI is InChI=1S/C18H18N2O3S/c1-18(2,16-10-4-3-5-11-16)17(21)20-24(22,23)13-15-9-7-6-8-14(15)12-19/h3-11H,13H2,1-2H3,(H,20,21). The molecule has 1 N–H and O–H groups in total. The normalized spacial score (nSPS) is 11.5. The Morgan fingerprint density at radius 1 is 1.08 bits per heavy atom. The van der Waals surface area contributed by atoms with Crippen LogP contribution in [0.15, 0.2) is 54.6 Å². The highest BCUT2D eigenvalue weighted by atomic mass is 32.2. The van der Waals surface area contributed by atoms with Crippen molar-refractivity contribution in [1.82, 2.24) is 4.72 Å². The largest absolute Gasteiger partial charge is 0.273 e. The number of nitrogens with one attached hydrogen (secondary N) is 1. The van der Waals surface area contributed by atoms with Crippen molar-refractivity contribution in [3.8, 4) is 6.07 Å². The quantitative estimate of drug-likeness (QED) is 0.904. The second-order valence-electron chi connectivity index (χ2n) is 5.95. The zero-order valence-corrected chi connectivity index (χ0v) is 14.3. The molecule has 0 aliphatic carbocycles. The lowest BCUT2D eigenvalue weighted by atomic mass is 9.84. The summed E-state index contributed by atoms with van der Waals surface area (Å²) in [7, 11) is -3.91. The van der Waals surface area contributed by atoms with Crippen LogP contribution in [0.1, 0.15) is 30.5 Å². The SMILES string of the molecule is CC(C)(C(=O)NS(=O)(=O)Cc1ccccc1C#N)c1ccccc1. The van der Waals surface area contributed by atoms with Crippen molar-refractivity contribution in [2.24, 2.45) is 0 Å². The fraction of sp³-hybridized carbons (Fsp3) is 0.222. The van der Waals surface area contributed by atoms with Gasteiger partial charge in [-0.25, -0.2) is 8.42 Å². The maximum absolute atomic E-state index is 12.5. The first kappa shape index (κ1) is 17.7. The number of nitrogens with zero attached hydrogens (tertiary/aromatic N) is 1. The van der Waals surface area contributed by atoms with E-state index in [0.717, 1.165) is 5.56 Å². The Hall–Kier alpha value is -2.65. The molecule has 0 heterocycles. The van der Waals surface area contributed by atoms with E-state index in [1.807, 2.05) is 12.1 Å². The highest BCUT2D eigenvalue weighted by Crippen LogP contribution is 2.23. The molecule has 0 atom stereocenters. The Balaban J connectivity index is 2.20. The summed E-state index contributed by atoms with van der Waals surface area (Å²) in [6, 6.07) is 17.3. The smallest absolute Gasteiger partial charge is 0.243 e. The molecular weight excluding hydrogens is 324 g/mol. The molecule has 0 unspecified atom stereocenters. The van der Waals surface area contributed by atoms with Crippen LogP contribution in [0, 0.1) is 11.3 Å². The summed E-state index contributed by atoms with van der Waals surface area (Å²) in [4.78, 5) is 12.5. The number of carbonyl (C=O) groups excluding carboxylic acids is 1. The third kappa shape index (κ3) is 4.00. The van der Waals surface area contributed by atoms with Crippen molar-refractivity contribution in [2.75, 3.05) is 0 Å². The zero-order chi connectivity index (χ0) is 17.8. The second kappa shape index (κ2) is 6.85. The number of hydrogen-bond acceptors (Lipinski definition) is 4. The lowest BCUT2D eigenvalue weighted by Crippen LogP contribution is -2.43. The van der Waals surface area contributed by atoms with Gasteiger partial charge in [0.15, 0.2) is 0 Å². The van der Waals surface area contributed by atoms with E-state index >= 15 is 0 Å². The number of amides is 1. The van der Waals surface area contributed by atoms with E-state index in [-0.39, 0.29) is 5.56 Å². The number of hydrogen-bond donors (Lipinski definition) is 1. The average Bonchev–Trinajstić information content (AvgIpc) is 2.55. The Labute approximate surface area is 142 Å². The fourth-order valence-corrected chi connectivity index (χ4v) is 3.52. The molecule has 0 aromatic heterocycles. The molecule has 2 aromatic rings. The first-order chi connectivity index (χ1) is 11.3. The van der Waals surface area contributed by atoms with Crippen molar-refractivity contribution in [3.05, 3.63) is 71.3 Å².